The topological polar surface area (TPSA) is 75.7 Å². The first-order valence-electron chi connectivity index (χ1n) is 9.43. The van der Waals surface area contributed by atoms with Crippen molar-refractivity contribution in [2.75, 3.05) is 33.2 Å². The van der Waals surface area contributed by atoms with E-state index >= 15 is 0 Å². The van der Waals surface area contributed by atoms with Crippen LogP contribution in [0.4, 0.5) is 0 Å². The van der Waals surface area contributed by atoms with Crippen LogP contribution in [0.25, 0.3) is 17.2 Å². The number of carbonyl (C=O) groups excluding carboxylic acids is 1. The molecule has 0 radical (unpaired) electrons. The lowest BCUT2D eigenvalue weighted by Gasteiger charge is -2.32. The van der Waals surface area contributed by atoms with E-state index in [1.807, 2.05) is 43.0 Å². The Hall–Kier alpha value is -3.00. The summed E-state index contributed by atoms with van der Waals surface area (Å²) in [6.07, 6.45) is 0. The smallest absolute Gasteiger partial charge is 0.275 e. The molecule has 0 aliphatic carbocycles. The molecule has 3 heterocycles. The maximum Gasteiger partial charge on any atom is 0.275 e. The second-order valence-electron chi connectivity index (χ2n) is 7.36. The molecule has 1 aromatic carbocycles. The summed E-state index contributed by atoms with van der Waals surface area (Å²) >= 11 is 0. The van der Waals surface area contributed by atoms with Crippen molar-refractivity contribution in [2.45, 2.75) is 20.4 Å². The van der Waals surface area contributed by atoms with Crippen LogP contribution in [0, 0.1) is 13.8 Å². The lowest BCUT2D eigenvalue weighted by molar-refractivity contribution is -0.133. The van der Waals surface area contributed by atoms with Crippen molar-refractivity contribution in [3.8, 4) is 11.4 Å². The molecule has 1 fully saturated rings. The number of benzene rings is 1. The molecule has 0 spiro atoms. The Morgan fingerprint density at radius 1 is 1.11 bits per heavy atom. The number of fused-ring (bicyclic) bond motifs is 1. The fraction of sp³-hybridized carbons (Fsp3) is 0.400. The van der Waals surface area contributed by atoms with Crippen molar-refractivity contribution in [3.05, 3.63) is 51.9 Å². The molecule has 0 saturated carbocycles. The van der Waals surface area contributed by atoms with Crippen LogP contribution in [-0.4, -0.2) is 68.1 Å². The Kier molecular flexibility index (Phi) is 4.72. The molecule has 2 aromatic heterocycles. The minimum absolute atomic E-state index is 0.0298. The van der Waals surface area contributed by atoms with Crippen molar-refractivity contribution >= 4 is 11.7 Å². The summed E-state index contributed by atoms with van der Waals surface area (Å²) in [7, 11) is 2.06. The molecule has 0 atom stereocenters. The second-order valence-corrected chi connectivity index (χ2v) is 7.36. The summed E-state index contributed by atoms with van der Waals surface area (Å²) < 4.78 is 3.06. The lowest BCUT2D eigenvalue weighted by atomic mass is 10.1. The molecule has 0 unspecified atom stereocenters. The third-order valence-electron chi connectivity index (χ3n) is 5.33. The third-order valence-corrected chi connectivity index (χ3v) is 5.33. The van der Waals surface area contributed by atoms with Gasteiger partial charge in [0.05, 0.1) is 0 Å². The molecule has 0 N–H and O–H groups in total. The highest BCUT2D eigenvalue weighted by Gasteiger charge is 2.22. The van der Waals surface area contributed by atoms with E-state index < -0.39 is 0 Å². The zero-order chi connectivity index (χ0) is 19.8. The van der Waals surface area contributed by atoms with Gasteiger partial charge in [-0.25, -0.2) is 0 Å². The molecule has 1 aliphatic heterocycles. The summed E-state index contributed by atoms with van der Waals surface area (Å²) in [5.41, 5.74) is 2.36. The molecule has 8 heteroatoms. The Morgan fingerprint density at radius 3 is 2.54 bits per heavy atom. The second kappa shape index (κ2) is 7.20. The van der Waals surface area contributed by atoms with Crippen molar-refractivity contribution in [2.24, 2.45) is 0 Å². The number of likely N-dealkylation sites (N-methyl/N-ethyl adjacent to an activating group) is 1. The van der Waals surface area contributed by atoms with E-state index in [4.69, 9.17) is 0 Å². The van der Waals surface area contributed by atoms with Crippen molar-refractivity contribution in [1.29, 1.82) is 0 Å². The van der Waals surface area contributed by atoms with Crippen LogP contribution < -0.4 is 5.56 Å². The molecule has 146 valence electrons. The molecular formula is C20H24N6O2. The molecule has 4 rings (SSSR count). The summed E-state index contributed by atoms with van der Waals surface area (Å²) in [6.45, 7) is 7.11. The number of hydrogen-bond acceptors (Lipinski definition) is 5. The Labute approximate surface area is 163 Å². The van der Waals surface area contributed by atoms with E-state index in [9.17, 15) is 9.59 Å². The van der Waals surface area contributed by atoms with Gasteiger partial charge >= 0.3 is 0 Å². The van der Waals surface area contributed by atoms with E-state index in [1.54, 1.807) is 4.57 Å². The van der Waals surface area contributed by atoms with Crippen molar-refractivity contribution in [3.63, 3.8) is 0 Å². The quantitative estimate of drug-likeness (QED) is 0.676. The largest absolute Gasteiger partial charge is 0.339 e. The van der Waals surface area contributed by atoms with E-state index in [0.717, 1.165) is 24.2 Å². The zero-order valence-electron chi connectivity index (χ0n) is 16.4. The molecule has 1 amide bonds. The lowest BCUT2D eigenvalue weighted by Crippen LogP contribution is -2.48. The number of rotatable bonds is 3. The van der Waals surface area contributed by atoms with Gasteiger partial charge in [-0.1, -0.05) is 24.3 Å². The van der Waals surface area contributed by atoms with Crippen molar-refractivity contribution < 1.29 is 4.79 Å². The van der Waals surface area contributed by atoms with Crippen LogP contribution in [0.5, 0.6) is 0 Å². The third kappa shape index (κ3) is 3.31. The van der Waals surface area contributed by atoms with Crippen LogP contribution in [-0.2, 0) is 11.3 Å². The SMILES string of the molecule is Cc1ccccc1-c1nc2n(CC(=O)N3CCN(C)CC3)c(C)cc(=O)n2n1. The van der Waals surface area contributed by atoms with Crippen LogP contribution in [0.3, 0.4) is 0 Å². The van der Waals surface area contributed by atoms with E-state index in [-0.39, 0.29) is 18.0 Å². The first-order valence-corrected chi connectivity index (χ1v) is 9.43. The summed E-state index contributed by atoms with van der Waals surface area (Å²) in [4.78, 5) is 34.0. The van der Waals surface area contributed by atoms with Gasteiger partial charge in [0.25, 0.3) is 5.56 Å². The van der Waals surface area contributed by atoms with Gasteiger partial charge in [0.15, 0.2) is 5.82 Å². The van der Waals surface area contributed by atoms with Crippen LogP contribution >= 0.6 is 0 Å². The highest BCUT2D eigenvalue weighted by atomic mass is 16.2. The molecule has 8 nitrogen and oxygen atoms in total. The Morgan fingerprint density at radius 2 is 1.82 bits per heavy atom. The van der Waals surface area contributed by atoms with E-state index in [0.29, 0.717) is 30.4 Å². The zero-order valence-corrected chi connectivity index (χ0v) is 16.4. The van der Waals surface area contributed by atoms with Gasteiger partial charge in [0.2, 0.25) is 11.7 Å². The van der Waals surface area contributed by atoms with Crippen LogP contribution in [0.2, 0.25) is 0 Å². The molecule has 1 saturated heterocycles. The number of hydrogen-bond donors (Lipinski definition) is 0. The molecule has 3 aromatic rings. The molecular weight excluding hydrogens is 356 g/mol. The van der Waals surface area contributed by atoms with Gasteiger partial charge in [-0.05, 0) is 26.5 Å². The first kappa shape index (κ1) is 18.4. The fourth-order valence-corrected chi connectivity index (χ4v) is 3.53. The number of aromatic nitrogens is 4. The Balaban J connectivity index is 1.73. The van der Waals surface area contributed by atoms with Gasteiger partial charge in [-0.2, -0.15) is 9.50 Å². The number of amides is 1. The number of aryl methyl sites for hydroxylation is 2. The molecule has 28 heavy (non-hydrogen) atoms. The van der Waals surface area contributed by atoms with Gasteiger partial charge in [0, 0.05) is 43.5 Å². The van der Waals surface area contributed by atoms with Gasteiger partial charge in [-0.15, -0.1) is 5.10 Å². The van der Waals surface area contributed by atoms with E-state index in [2.05, 4.69) is 22.0 Å². The van der Waals surface area contributed by atoms with Crippen LogP contribution in [0.15, 0.2) is 35.1 Å². The average molecular weight is 380 g/mol. The number of piperazine rings is 1. The monoisotopic (exact) mass is 380 g/mol. The van der Waals surface area contributed by atoms with Gasteiger partial charge in [0.1, 0.15) is 6.54 Å². The van der Waals surface area contributed by atoms with Gasteiger partial charge in [-0.3, -0.25) is 9.59 Å². The predicted molar refractivity (Wildman–Crippen MR) is 106 cm³/mol. The predicted octanol–water partition coefficient (Wildman–Crippen LogP) is 0.949. The molecule has 1 aliphatic rings. The van der Waals surface area contributed by atoms with E-state index in [1.165, 1.54) is 10.6 Å². The fourth-order valence-electron chi connectivity index (χ4n) is 3.53. The normalized spacial score (nSPS) is 15.3. The first-order chi connectivity index (χ1) is 13.4. The van der Waals surface area contributed by atoms with Gasteiger partial charge < -0.3 is 14.4 Å². The summed E-state index contributed by atoms with van der Waals surface area (Å²) in [6, 6.07) is 9.28. The van der Waals surface area contributed by atoms with Crippen LogP contribution in [0.1, 0.15) is 11.3 Å². The highest BCUT2D eigenvalue weighted by Crippen LogP contribution is 2.20. The summed E-state index contributed by atoms with van der Waals surface area (Å²) in [5, 5.41) is 4.42. The maximum atomic E-state index is 12.8. The Bertz CT molecular complexity index is 1090. The standard InChI is InChI=1S/C20H24N6O2/c1-14-6-4-5-7-16(14)19-21-20-25(15(2)12-17(27)26(20)22-19)13-18(28)24-10-8-23(3)9-11-24/h4-7,12H,8-11,13H2,1-3H3. The average Bonchev–Trinajstić information content (AvgIpc) is 3.11. The summed E-state index contributed by atoms with van der Waals surface area (Å²) in [5.74, 6) is 0.912. The van der Waals surface area contributed by atoms with Crippen molar-refractivity contribution in [1.82, 2.24) is 29.0 Å². The number of carbonyl (C=O) groups is 1. The molecule has 0 bridgehead atoms. The maximum absolute atomic E-state index is 12.8. The minimum Gasteiger partial charge on any atom is -0.339 e. The minimum atomic E-state index is -0.247. The highest BCUT2D eigenvalue weighted by molar-refractivity contribution is 5.77. The number of nitrogens with zero attached hydrogens (tertiary/aromatic N) is 6.